The molecule has 1 saturated heterocycles. The number of carbonyl (C=O) groups is 2. The van der Waals surface area contributed by atoms with Gasteiger partial charge in [0.15, 0.2) is 0 Å². The molecule has 28 heavy (non-hydrogen) atoms. The van der Waals surface area contributed by atoms with Crippen molar-refractivity contribution >= 4 is 29.1 Å². The SMILES string of the molecule is CCCOc1ccc(NC(=O)C2CCN(C(=O)c3ccccn3)CC2)cc1Cl. The Kier molecular flexibility index (Phi) is 6.87. The number of rotatable bonds is 6. The Morgan fingerprint density at radius 2 is 2.04 bits per heavy atom. The number of ether oxygens (including phenoxy) is 1. The van der Waals surface area contributed by atoms with Crippen molar-refractivity contribution in [2.45, 2.75) is 26.2 Å². The van der Waals surface area contributed by atoms with Gasteiger partial charge in [-0.05, 0) is 49.6 Å². The van der Waals surface area contributed by atoms with E-state index >= 15 is 0 Å². The molecular weight excluding hydrogens is 378 g/mol. The molecule has 3 rings (SSSR count). The largest absolute Gasteiger partial charge is 0.492 e. The average Bonchev–Trinajstić information content (AvgIpc) is 2.73. The molecule has 1 fully saturated rings. The smallest absolute Gasteiger partial charge is 0.272 e. The van der Waals surface area contributed by atoms with Gasteiger partial charge < -0.3 is 15.0 Å². The first kappa shape index (κ1) is 20.1. The lowest BCUT2D eigenvalue weighted by Gasteiger charge is -2.31. The molecule has 0 atom stereocenters. The number of nitrogens with one attached hydrogen (secondary N) is 1. The minimum atomic E-state index is -0.137. The van der Waals surface area contributed by atoms with Crippen LogP contribution in [0.15, 0.2) is 42.6 Å². The Labute approximate surface area is 169 Å². The summed E-state index contributed by atoms with van der Waals surface area (Å²) in [5.41, 5.74) is 1.08. The summed E-state index contributed by atoms with van der Waals surface area (Å²) in [4.78, 5) is 30.9. The van der Waals surface area contributed by atoms with E-state index in [0.717, 1.165) is 6.42 Å². The van der Waals surface area contributed by atoms with Gasteiger partial charge in [0.2, 0.25) is 5.91 Å². The molecule has 1 aliphatic heterocycles. The molecule has 0 radical (unpaired) electrons. The molecule has 0 saturated carbocycles. The van der Waals surface area contributed by atoms with Gasteiger partial charge in [0, 0.05) is 30.9 Å². The molecule has 2 heterocycles. The Morgan fingerprint density at radius 3 is 2.68 bits per heavy atom. The first-order valence-corrected chi connectivity index (χ1v) is 9.89. The van der Waals surface area contributed by atoms with Crippen LogP contribution in [0.4, 0.5) is 5.69 Å². The summed E-state index contributed by atoms with van der Waals surface area (Å²) in [6.45, 7) is 3.70. The van der Waals surface area contributed by atoms with Crippen LogP contribution in [0.25, 0.3) is 0 Å². The van der Waals surface area contributed by atoms with Gasteiger partial charge in [0.05, 0.1) is 11.6 Å². The lowest BCUT2D eigenvalue weighted by molar-refractivity contribution is -0.121. The van der Waals surface area contributed by atoms with Crippen molar-refractivity contribution in [1.29, 1.82) is 0 Å². The van der Waals surface area contributed by atoms with Crippen LogP contribution in [0.2, 0.25) is 5.02 Å². The van der Waals surface area contributed by atoms with Crippen molar-refractivity contribution in [3.8, 4) is 5.75 Å². The first-order chi connectivity index (χ1) is 13.6. The second-order valence-electron chi connectivity index (χ2n) is 6.76. The summed E-state index contributed by atoms with van der Waals surface area (Å²) >= 11 is 6.22. The minimum Gasteiger partial charge on any atom is -0.492 e. The van der Waals surface area contributed by atoms with Crippen molar-refractivity contribution in [2.75, 3.05) is 25.0 Å². The molecule has 1 aromatic carbocycles. The van der Waals surface area contributed by atoms with E-state index in [1.807, 2.05) is 6.92 Å². The summed E-state index contributed by atoms with van der Waals surface area (Å²) < 4.78 is 5.55. The molecule has 0 bridgehead atoms. The quantitative estimate of drug-likeness (QED) is 0.793. The molecule has 1 aromatic heterocycles. The predicted octanol–water partition coefficient (Wildman–Crippen LogP) is 4.01. The molecule has 0 unspecified atom stereocenters. The Balaban J connectivity index is 1.53. The minimum absolute atomic E-state index is 0.0526. The van der Waals surface area contributed by atoms with Crippen LogP contribution in [-0.4, -0.2) is 41.4 Å². The van der Waals surface area contributed by atoms with E-state index in [2.05, 4.69) is 10.3 Å². The van der Waals surface area contributed by atoms with Gasteiger partial charge in [0.1, 0.15) is 11.4 Å². The molecule has 0 aliphatic carbocycles. The van der Waals surface area contributed by atoms with Crippen molar-refractivity contribution in [3.05, 3.63) is 53.3 Å². The van der Waals surface area contributed by atoms with Gasteiger partial charge in [-0.2, -0.15) is 0 Å². The number of carbonyl (C=O) groups excluding carboxylic acids is 2. The third-order valence-electron chi connectivity index (χ3n) is 4.70. The molecule has 148 valence electrons. The zero-order valence-electron chi connectivity index (χ0n) is 15.9. The van der Waals surface area contributed by atoms with Crippen LogP contribution in [0.5, 0.6) is 5.75 Å². The number of piperidine rings is 1. The second-order valence-corrected chi connectivity index (χ2v) is 7.17. The number of nitrogens with zero attached hydrogens (tertiary/aromatic N) is 2. The fraction of sp³-hybridized carbons (Fsp3) is 0.381. The maximum atomic E-state index is 12.6. The monoisotopic (exact) mass is 401 g/mol. The van der Waals surface area contributed by atoms with Crippen LogP contribution in [0.1, 0.15) is 36.7 Å². The van der Waals surface area contributed by atoms with Gasteiger partial charge >= 0.3 is 0 Å². The maximum Gasteiger partial charge on any atom is 0.272 e. The number of hydrogen-bond acceptors (Lipinski definition) is 4. The molecular formula is C21H24ClN3O3. The standard InChI is InChI=1S/C21H24ClN3O3/c1-2-13-28-19-7-6-16(14-17(19)22)24-20(26)15-8-11-25(12-9-15)21(27)18-5-3-4-10-23-18/h3-7,10,14-15H,2,8-9,11-13H2,1H3,(H,24,26). The highest BCUT2D eigenvalue weighted by atomic mass is 35.5. The fourth-order valence-electron chi connectivity index (χ4n) is 3.15. The van der Waals surface area contributed by atoms with E-state index in [0.29, 0.717) is 54.7 Å². The van der Waals surface area contributed by atoms with Crippen LogP contribution in [-0.2, 0) is 4.79 Å². The van der Waals surface area contributed by atoms with Crippen LogP contribution >= 0.6 is 11.6 Å². The summed E-state index contributed by atoms with van der Waals surface area (Å²) in [5.74, 6) is 0.336. The third-order valence-corrected chi connectivity index (χ3v) is 4.99. The molecule has 6 nitrogen and oxygen atoms in total. The number of pyridine rings is 1. The van der Waals surface area contributed by atoms with Gasteiger partial charge in [0.25, 0.3) is 5.91 Å². The average molecular weight is 402 g/mol. The predicted molar refractivity (Wildman–Crippen MR) is 109 cm³/mol. The van der Waals surface area contributed by atoms with Crippen molar-refractivity contribution < 1.29 is 14.3 Å². The third kappa shape index (κ3) is 5.01. The fourth-order valence-corrected chi connectivity index (χ4v) is 3.38. The lowest BCUT2D eigenvalue weighted by Crippen LogP contribution is -2.41. The summed E-state index contributed by atoms with van der Waals surface area (Å²) in [5, 5.41) is 3.39. The van der Waals surface area contributed by atoms with Gasteiger partial charge in [-0.15, -0.1) is 0 Å². The normalized spacial score (nSPS) is 14.6. The highest BCUT2D eigenvalue weighted by Gasteiger charge is 2.28. The summed E-state index contributed by atoms with van der Waals surface area (Å²) in [6.07, 6.45) is 3.75. The van der Waals surface area contributed by atoms with E-state index in [9.17, 15) is 9.59 Å². The van der Waals surface area contributed by atoms with Gasteiger partial charge in [-0.3, -0.25) is 14.6 Å². The highest BCUT2D eigenvalue weighted by Crippen LogP contribution is 2.28. The van der Waals surface area contributed by atoms with Crippen molar-refractivity contribution in [3.63, 3.8) is 0 Å². The van der Waals surface area contributed by atoms with Crippen LogP contribution < -0.4 is 10.1 Å². The number of hydrogen-bond donors (Lipinski definition) is 1. The molecule has 1 aliphatic rings. The van der Waals surface area contributed by atoms with Gasteiger partial charge in [-0.1, -0.05) is 24.6 Å². The Hall–Kier alpha value is -2.60. The lowest BCUT2D eigenvalue weighted by atomic mass is 9.95. The van der Waals surface area contributed by atoms with Crippen LogP contribution in [0.3, 0.4) is 0 Å². The zero-order valence-corrected chi connectivity index (χ0v) is 16.6. The highest BCUT2D eigenvalue weighted by molar-refractivity contribution is 6.32. The zero-order chi connectivity index (χ0) is 19.9. The molecule has 2 amide bonds. The number of halogens is 1. The van der Waals surface area contributed by atoms with Crippen LogP contribution in [0, 0.1) is 5.92 Å². The van der Waals surface area contributed by atoms with E-state index in [1.54, 1.807) is 47.5 Å². The maximum absolute atomic E-state index is 12.6. The van der Waals surface area contributed by atoms with E-state index in [-0.39, 0.29) is 17.7 Å². The molecule has 1 N–H and O–H groups in total. The van der Waals surface area contributed by atoms with E-state index in [4.69, 9.17) is 16.3 Å². The summed E-state index contributed by atoms with van der Waals surface area (Å²) in [7, 11) is 0. The molecule has 0 spiro atoms. The number of benzene rings is 1. The van der Waals surface area contributed by atoms with E-state index in [1.165, 1.54) is 0 Å². The summed E-state index contributed by atoms with van der Waals surface area (Å²) in [6, 6.07) is 10.5. The molecule has 2 aromatic rings. The van der Waals surface area contributed by atoms with Crippen molar-refractivity contribution in [2.24, 2.45) is 5.92 Å². The number of amides is 2. The number of anilines is 1. The van der Waals surface area contributed by atoms with Gasteiger partial charge in [-0.25, -0.2) is 0 Å². The number of aromatic nitrogens is 1. The Bertz CT molecular complexity index is 821. The van der Waals surface area contributed by atoms with Crippen molar-refractivity contribution in [1.82, 2.24) is 9.88 Å². The first-order valence-electron chi connectivity index (χ1n) is 9.52. The Morgan fingerprint density at radius 1 is 1.25 bits per heavy atom. The molecule has 7 heteroatoms. The topological polar surface area (TPSA) is 71.5 Å². The number of likely N-dealkylation sites (tertiary alicyclic amines) is 1. The van der Waals surface area contributed by atoms with E-state index < -0.39 is 0 Å². The second kappa shape index (κ2) is 9.55.